The summed E-state index contributed by atoms with van der Waals surface area (Å²) in [5.74, 6) is 0. The lowest BCUT2D eigenvalue weighted by Crippen LogP contribution is -2.03. The summed E-state index contributed by atoms with van der Waals surface area (Å²) < 4.78 is 39.8. The molecule has 0 aliphatic heterocycles. The molecule has 0 N–H and O–H groups in total. The van der Waals surface area contributed by atoms with Crippen molar-refractivity contribution in [3.8, 4) is 44.0 Å². The minimum Gasteiger partial charge on any atom is -0.236 e. The van der Waals surface area contributed by atoms with Gasteiger partial charge in [0.05, 0.1) is 15.8 Å². The summed E-state index contributed by atoms with van der Waals surface area (Å²) in [4.78, 5) is 4.77. The summed E-state index contributed by atoms with van der Waals surface area (Å²) in [6.45, 7) is 0. The lowest BCUT2D eigenvalue weighted by molar-refractivity contribution is -0.137. The summed E-state index contributed by atoms with van der Waals surface area (Å²) >= 11 is 1.71. The lowest BCUT2D eigenvalue weighted by Gasteiger charge is -2.10. The van der Waals surface area contributed by atoms with Gasteiger partial charge in [0, 0.05) is 5.56 Å². The molecule has 0 unspecified atom stereocenters. The van der Waals surface area contributed by atoms with Gasteiger partial charge in [-0.15, -0.1) is 11.3 Å². The van der Waals surface area contributed by atoms with Gasteiger partial charge < -0.3 is 0 Å². The zero-order chi connectivity index (χ0) is 28.0. The van der Waals surface area contributed by atoms with E-state index in [1.807, 2.05) is 42.5 Å². The lowest BCUT2D eigenvalue weighted by atomic mass is 9.96. The highest BCUT2D eigenvalue weighted by atomic mass is 32.1. The standard InChI is InChI=1S/C36H22F3NS/c37-36(38,39)32-19-17-24(18-20-32)23-5-7-25(8-6-23)28-13-15-31-22-29(14-16-30(31)21-28)26-9-11-27(12-10-26)35-40-33-3-1-2-4-34(33)41-35/h1-22H. The van der Waals surface area contributed by atoms with Gasteiger partial charge in [-0.3, -0.25) is 0 Å². The summed E-state index contributed by atoms with van der Waals surface area (Å²) in [5, 5.41) is 3.32. The Bertz CT molecular complexity index is 1970. The quantitative estimate of drug-likeness (QED) is 0.210. The van der Waals surface area contributed by atoms with Crippen LogP contribution in [0.15, 0.2) is 133 Å². The fourth-order valence-corrected chi connectivity index (χ4v) is 6.08. The molecule has 0 aliphatic carbocycles. The Hall–Kier alpha value is -4.74. The van der Waals surface area contributed by atoms with Crippen molar-refractivity contribution in [3.05, 3.63) is 139 Å². The van der Waals surface area contributed by atoms with Gasteiger partial charge in [-0.05, 0) is 80.6 Å². The maximum absolute atomic E-state index is 12.9. The van der Waals surface area contributed by atoms with Crippen LogP contribution >= 0.6 is 11.3 Å². The van der Waals surface area contributed by atoms with Crippen LogP contribution in [-0.2, 0) is 6.18 Å². The minimum absolute atomic E-state index is 0.640. The van der Waals surface area contributed by atoms with Gasteiger partial charge in [0.15, 0.2) is 0 Å². The van der Waals surface area contributed by atoms with Gasteiger partial charge in [0.2, 0.25) is 0 Å². The third kappa shape index (κ3) is 5.01. The fraction of sp³-hybridized carbons (Fsp3) is 0.0278. The molecule has 7 aromatic rings. The van der Waals surface area contributed by atoms with Crippen LogP contribution in [0.2, 0.25) is 0 Å². The second kappa shape index (κ2) is 10.0. The average molecular weight is 558 g/mol. The number of halogens is 3. The molecular weight excluding hydrogens is 535 g/mol. The summed E-state index contributed by atoms with van der Waals surface area (Å²) in [6, 6.07) is 42.9. The third-order valence-corrected chi connectivity index (χ3v) is 8.45. The molecule has 0 radical (unpaired) electrons. The fourth-order valence-electron chi connectivity index (χ4n) is 5.11. The van der Waals surface area contributed by atoms with E-state index >= 15 is 0 Å². The zero-order valence-corrected chi connectivity index (χ0v) is 22.5. The minimum atomic E-state index is -4.33. The first-order chi connectivity index (χ1) is 19.9. The number of alkyl halides is 3. The Kier molecular flexibility index (Phi) is 6.17. The van der Waals surface area contributed by atoms with E-state index in [1.54, 1.807) is 11.3 Å². The van der Waals surface area contributed by atoms with Crippen LogP contribution in [0.3, 0.4) is 0 Å². The molecule has 0 aliphatic rings. The number of aromatic nitrogens is 1. The van der Waals surface area contributed by atoms with Crippen molar-refractivity contribution in [1.82, 2.24) is 4.98 Å². The predicted molar refractivity (Wildman–Crippen MR) is 164 cm³/mol. The van der Waals surface area contributed by atoms with Crippen molar-refractivity contribution in [2.45, 2.75) is 6.18 Å². The molecule has 0 spiro atoms. The Morgan fingerprint density at radius 1 is 0.463 bits per heavy atom. The predicted octanol–water partition coefficient (Wildman–Crippen LogP) is 11.1. The topological polar surface area (TPSA) is 12.9 Å². The molecule has 41 heavy (non-hydrogen) atoms. The largest absolute Gasteiger partial charge is 0.416 e. The molecule has 1 heterocycles. The number of hydrogen-bond donors (Lipinski definition) is 0. The first-order valence-electron chi connectivity index (χ1n) is 13.2. The number of rotatable bonds is 4. The molecule has 1 aromatic heterocycles. The smallest absolute Gasteiger partial charge is 0.236 e. The summed E-state index contributed by atoms with van der Waals surface area (Å²) in [7, 11) is 0. The van der Waals surface area contributed by atoms with Crippen LogP contribution < -0.4 is 0 Å². The van der Waals surface area contributed by atoms with E-state index in [9.17, 15) is 13.2 Å². The second-order valence-corrected chi connectivity index (χ2v) is 11.0. The molecule has 198 valence electrons. The van der Waals surface area contributed by atoms with Gasteiger partial charge >= 0.3 is 6.18 Å². The molecule has 5 heteroatoms. The maximum atomic E-state index is 12.9. The van der Waals surface area contributed by atoms with Gasteiger partial charge in [-0.2, -0.15) is 13.2 Å². The number of hydrogen-bond acceptors (Lipinski definition) is 2. The molecule has 7 rings (SSSR count). The number of benzene rings is 6. The van der Waals surface area contributed by atoms with Gasteiger partial charge in [0.25, 0.3) is 0 Å². The van der Waals surface area contributed by atoms with E-state index in [4.69, 9.17) is 4.98 Å². The highest BCUT2D eigenvalue weighted by Crippen LogP contribution is 2.34. The van der Waals surface area contributed by atoms with Crippen molar-refractivity contribution >= 4 is 32.3 Å². The van der Waals surface area contributed by atoms with Crippen LogP contribution in [-0.4, -0.2) is 4.98 Å². The van der Waals surface area contributed by atoms with Crippen LogP contribution in [0.1, 0.15) is 5.56 Å². The molecular formula is C36H22F3NS. The normalized spacial score (nSPS) is 11.8. The average Bonchev–Trinajstić information content (AvgIpc) is 3.45. The van der Waals surface area contributed by atoms with E-state index < -0.39 is 11.7 Å². The third-order valence-electron chi connectivity index (χ3n) is 7.36. The van der Waals surface area contributed by atoms with Crippen molar-refractivity contribution < 1.29 is 13.2 Å². The number of thiazole rings is 1. The first-order valence-corrected chi connectivity index (χ1v) is 14.0. The number of para-hydroxylation sites is 1. The van der Waals surface area contributed by atoms with Crippen molar-refractivity contribution in [2.75, 3.05) is 0 Å². The molecule has 0 bridgehead atoms. The highest BCUT2D eigenvalue weighted by Gasteiger charge is 2.29. The molecule has 0 saturated heterocycles. The van der Waals surface area contributed by atoms with Crippen molar-refractivity contribution in [2.24, 2.45) is 0 Å². The van der Waals surface area contributed by atoms with Gasteiger partial charge in [-0.1, -0.05) is 97.1 Å². The SMILES string of the molecule is FC(F)(F)c1ccc(-c2ccc(-c3ccc4cc(-c5ccc(-c6nc7ccccc7s6)cc5)ccc4c3)cc2)cc1. The van der Waals surface area contributed by atoms with E-state index in [0.717, 1.165) is 72.4 Å². The molecule has 0 amide bonds. The van der Waals surface area contributed by atoms with E-state index in [-0.39, 0.29) is 0 Å². The van der Waals surface area contributed by atoms with Crippen molar-refractivity contribution in [1.29, 1.82) is 0 Å². The number of nitrogens with zero attached hydrogens (tertiary/aromatic N) is 1. The second-order valence-electron chi connectivity index (χ2n) is 9.99. The van der Waals surface area contributed by atoms with Crippen LogP contribution in [0, 0.1) is 0 Å². The molecule has 1 nitrogen and oxygen atoms in total. The Morgan fingerprint density at radius 3 is 1.41 bits per heavy atom. The van der Waals surface area contributed by atoms with E-state index in [0.29, 0.717) is 0 Å². The monoisotopic (exact) mass is 557 g/mol. The summed E-state index contributed by atoms with van der Waals surface area (Å²) in [6.07, 6.45) is -4.33. The van der Waals surface area contributed by atoms with Crippen LogP contribution in [0.25, 0.3) is 64.9 Å². The van der Waals surface area contributed by atoms with Crippen molar-refractivity contribution in [3.63, 3.8) is 0 Å². The Balaban J connectivity index is 1.11. The molecule has 0 fully saturated rings. The van der Waals surface area contributed by atoms with E-state index in [1.165, 1.54) is 16.8 Å². The zero-order valence-electron chi connectivity index (χ0n) is 21.7. The van der Waals surface area contributed by atoms with Crippen LogP contribution in [0.4, 0.5) is 13.2 Å². The van der Waals surface area contributed by atoms with Crippen LogP contribution in [0.5, 0.6) is 0 Å². The highest BCUT2D eigenvalue weighted by molar-refractivity contribution is 7.21. The van der Waals surface area contributed by atoms with E-state index in [2.05, 4.69) is 66.7 Å². The summed E-state index contributed by atoms with van der Waals surface area (Å²) in [5.41, 5.74) is 7.58. The molecule has 6 aromatic carbocycles. The number of fused-ring (bicyclic) bond motifs is 2. The van der Waals surface area contributed by atoms with Gasteiger partial charge in [0.1, 0.15) is 5.01 Å². The molecule has 0 atom stereocenters. The molecule has 0 saturated carbocycles. The Morgan fingerprint density at radius 2 is 0.902 bits per heavy atom. The first kappa shape index (κ1) is 25.2. The Labute approximate surface area is 239 Å². The maximum Gasteiger partial charge on any atom is 0.416 e. The van der Waals surface area contributed by atoms with Gasteiger partial charge in [-0.25, -0.2) is 4.98 Å².